The molecule has 0 radical (unpaired) electrons. The Bertz CT molecular complexity index is 894. The Kier molecular flexibility index (Phi) is 5.91. The summed E-state index contributed by atoms with van der Waals surface area (Å²) in [5, 5.41) is 3.29. The summed E-state index contributed by atoms with van der Waals surface area (Å²) in [5.41, 5.74) is 0.816. The van der Waals surface area contributed by atoms with Crippen molar-refractivity contribution in [2.45, 2.75) is 13.8 Å². The van der Waals surface area contributed by atoms with Gasteiger partial charge in [-0.15, -0.1) is 0 Å². The van der Waals surface area contributed by atoms with E-state index in [-0.39, 0.29) is 12.5 Å². The molecular weight excluding hydrogens is 352 g/mol. The predicted molar refractivity (Wildman–Crippen MR) is 103 cm³/mol. The summed E-state index contributed by atoms with van der Waals surface area (Å²) in [6.45, 7) is 4.85. The zero-order valence-corrected chi connectivity index (χ0v) is 15.5. The largest absolute Gasteiger partial charge is 0.494 e. The lowest BCUT2D eigenvalue weighted by atomic mass is 10.3. The number of para-hydroxylation sites is 2. The van der Waals surface area contributed by atoms with Gasteiger partial charge in [0.1, 0.15) is 5.75 Å². The molecule has 6 nitrogen and oxygen atoms in total. The highest BCUT2D eigenvalue weighted by molar-refractivity contribution is 7.22. The molecule has 0 spiro atoms. The highest BCUT2D eigenvalue weighted by Gasteiger charge is 2.11. The van der Waals surface area contributed by atoms with Gasteiger partial charge in [0.2, 0.25) is 0 Å². The second-order valence-corrected chi connectivity index (χ2v) is 6.33. The Labute approximate surface area is 155 Å². The van der Waals surface area contributed by atoms with Crippen molar-refractivity contribution >= 4 is 32.6 Å². The molecule has 0 aliphatic heterocycles. The van der Waals surface area contributed by atoms with Crippen LogP contribution in [0.1, 0.15) is 13.8 Å². The van der Waals surface area contributed by atoms with Crippen molar-refractivity contribution in [3.63, 3.8) is 0 Å². The van der Waals surface area contributed by atoms with Gasteiger partial charge < -0.3 is 14.2 Å². The maximum atomic E-state index is 12.2. The molecule has 3 rings (SSSR count). The average Bonchev–Trinajstić information content (AvgIpc) is 3.03. The fourth-order valence-electron chi connectivity index (χ4n) is 2.36. The van der Waals surface area contributed by atoms with E-state index in [9.17, 15) is 4.79 Å². The molecule has 7 heteroatoms. The molecule has 1 aromatic heterocycles. The summed E-state index contributed by atoms with van der Waals surface area (Å²) in [4.78, 5) is 16.6. The van der Waals surface area contributed by atoms with E-state index in [4.69, 9.17) is 14.2 Å². The van der Waals surface area contributed by atoms with Crippen molar-refractivity contribution < 1.29 is 19.0 Å². The number of anilines is 1. The fraction of sp³-hybridized carbons (Fsp3) is 0.263. The molecule has 0 aliphatic rings. The smallest absolute Gasteiger partial charge is 0.264 e. The van der Waals surface area contributed by atoms with Gasteiger partial charge in [-0.2, -0.15) is 0 Å². The number of carbonyl (C=O) groups excluding carboxylic acids is 1. The van der Waals surface area contributed by atoms with Crippen LogP contribution in [0.2, 0.25) is 0 Å². The molecular formula is C19H20N2O4S. The molecule has 0 atom stereocenters. The molecule has 0 aliphatic carbocycles. The average molecular weight is 372 g/mol. The third-order valence-electron chi connectivity index (χ3n) is 3.43. The normalized spacial score (nSPS) is 10.5. The zero-order chi connectivity index (χ0) is 18.4. The van der Waals surface area contributed by atoms with E-state index >= 15 is 0 Å². The molecule has 1 amide bonds. The first kappa shape index (κ1) is 18.0. The van der Waals surface area contributed by atoms with Gasteiger partial charge in [-0.3, -0.25) is 10.1 Å². The van der Waals surface area contributed by atoms with E-state index in [0.717, 1.165) is 16.0 Å². The number of nitrogens with zero attached hydrogens (tertiary/aromatic N) is 1. The molecule has 0 fully saturated rings. The topological polar surface area (TPSA) is 69.7 Å². The molecule has 0 saturated carbocycles. The van der Waals surface area contributed by atoms with E-state index in [1.54, 1.807) is 12.1 Å². The number of aromatic nitrogens is 1. The third kappa shape index (κ3) is 4.43. The van der Waals surface area contributed by atoms with Crippen molar-refractivity contribution in [2.75, 3.05) is 25.1 Å². The Morgan fingerprint density at radius 3 is 2.50 bits per heavy atom. The van der Waals surface area contributed by atoms with E-state index in [0.29, 0.717) is 29.8 Å². The monoisotopic (exact) mass is 372 g/mol. The van der Waals surface area contributed by atoms with Crippen LogP contribution < -0.4 is 19.5 Å². The van der Waals surface area contributed by atoms with Crippen LogP contribution in [0, 0.1) is 0 Å². The van der Waals surface area contributed by atoms with Crippen LogP contribution in [0.4, 0.5) is 5.13 Å². The number of ether oxygens (including phenoxy) is 3. The van der Waals surface area contributed by atoms with Crippen LogP contribution in [-0.2, 0) is 4.79 Å². The van der Waals surface area contributed by atoms with Crippen LogP contribution in [0.25, 0.3) is 10.2 Å². The Morgan fingerprint density at radius 2 is 1.77 bits per heavy atom. The summed E-state index contributed by atoms with van der Waals surface area (Å²) in [7, 11) is 0. The number of nitrogens with one attached hydrogen (secondary N) is 1. The molecule has 136 valence electrons. The minimum absolute atomic E-state index is 0.121. The van der Waals surface area contributed by atoms with Gasteiger partial charge in [0.15, 0.2) is 23.2 Å². The van der Waals surface area contributed by atoms with Gasteiger partial charge in [-0.1, -0.05) is 23.5 Å². The molecule has 3 aromatic rings. The number of amides is 1. The Balaban J connectivity index is 1.62. The van der Waals surface area contributed by atoms with Gasteiger partial charge in [-0.05, 0) is 44.2 Å². The number of thiazole rings is 1. The number of carbonyl (C=O) groups is 1. The third-order valence-corrected chi connectivity index (χ3v) is 4.36. The SMILES string of the molecule is CCOc1ccc2nc(NC(=O)COc3ccccc3OCC)sc2c1. The second kappa shape index (κ2) is 8.53. The summed E-state index contributed by atoms with van der Waals surface area (Å²) in [6.07, 6.45) is 0. The number of rotatable bonds is 8. The van der Waals surface area contributed by atoms with Crippen LogP contribution >= 0.6 is 11.3 Å². The number of hydrogen-bond acceptors (Lipinski definition) is 6. The van der Waals surface area contributed by atoms with Crippen molar-refractivity contribution in [3.8, 4) is 17.2 Å². The summed E-state index contributed by atoms with van der Waals surface area (Å²) >= 11 is 1.40. The highest BCUT2D eigenvalue weighted by Crippen LogP contribution is 2.29. The van der Waals surface area contributed by atoms with Crippen LogP contribution in [-0.4, -0.2) is 30.7 Å². The van der Waals surface area contributed by atoms with Crippen LogP contribution in [0.15, 0.2) is 42.5 Å². The van der Waals surface area contributed by atoms with Gasteiger partial charge in [-0.25, -0.2) is 4.98 Å². The molecule has 1 heterocycles. The molecule has 0 unspecified atom stereocenters. The van der Waals surface area contributed by atoms with Crippen LogP contribution in [0.5, 0.6) is 17.2 Å². The van der Waals surface area contributed by atoms with Crippen molar-refractivity contribution in [1.29, 1.82) is 0 Å². The zero-order valence-electron chi connectivity index (χ0n) is 14.7. The van der Waals surface area contributed by atoms with Gasteiger partial charge in [0, 0.05) is 0 Å². The standard InChI is InChI=1S/C19H20N2O4S/c1-3-23-13-9-10-14-17(11-13)26-19(20-14)21-18(22)12-25-16-8-6-5-7-15(16)24-4-2/h5-11H,3-4,12H2,1-2H3,(H,20,21,22). The first-order valence-corrected chi connectivity index (χ1v) is 9.19. The summed E-state index contributed by atoms with van der Waals surface area (Å²) in [5.74, 6) is 1.67. The minimum Gasteiger partial charge on any atom is -0.494 e. The van der Waals surface area contributed by atoms with Crippen molar-refractivity contribution in [3.05, 3.63) is 42.5 Å². The van der Waals surface area contributed by atoms with Crippen LogP contribution in [0.3, 0.4) is 0 Å². The second-order valence-electron chi connectivity index (χ2n) is 5.30. The molecule has 0 saturated heterocycles. The number of fused-ring (bicyclic) bond motifs is 1. The molecule has 1 N–H and O–H groups in total. The molecule has 2 aromatic carbocycles. The van der Waals surface area contributed by atoms with E-state index < -0.39 is 0 Å². The lowest BCUT2D eigenvalue weighted by Gasteiger charge is -2.10. The van der Waals surface area contributed by atoms with E-state index in [2.05, 4.69) is 10.3 Å². The maximum Gasteiger partial charge on any atom is 0.264 e. The number of hydrogen-bond donors (Lipinski definition) is 1. The minimum atomic E-state index is -0.277. The fourth-order valence-corrected chi connectivity index (χ4v) is 3.27. The first-order chi connectivity index (χ1) is 12.7. The van der Waals surface area contributed by atoms with Crippen molar-refractivity contribution in [1.82, 2.24) is 4.98 Å². The Morgan fingerprint density at radius 1 is 1.04 bits per heavy atom. The lowest BCUT2D eigenvalue weighted by molar-refractivity contribution is -0.118. The van der Waals surface area contributed by atoms with E-state index in [1.165, 1.54) is 11.3 Å². The first-order valence-electron chi connectivity index (χ1n) is 8.37. The van der Waals surface area contributed by atoms with Gasteiger partial charge in [0.05, 0.1) is 23.4 Å². The summed E-state index contributed by atoms with van der Waals surface area (Å²) in [6, 6.07) is 12.9. The Hall–Kier alpha value is -2.80. The van der Waals surface area contributed by atoms with Gasteiger partial charge >= 0.3 is 0 Å². The number of benzene rings is 2. The van der Waals surface area contributed by atoms with E-state index in [1.807, 2.05) is 44.2 Å². The maximum absolute atomic E-state index is 12.2. The highest BCUT2D eigenvalue weighted by atomic mass is 32.1. The lowest BCUT2D eigenvalue weighted by Crippen LogP contribution is -2.20. The molecule has 0 bridgehead atoms. The van der Waals surface area contributed by atoms with Crippen molar-refractivity contribution in [2.24, 2.45) is 0 Å². The molecule has 26 heavy (non-hydrogen) atoms. The summed E-state index contributed by atoms with van der Waals surface area (Å²) < 4.78 is 17.5. The quantitative estimate of drug-likeness (QED) is 0.644. The van der Waals surface area contributed by atoms with Gasteiger partial charge in [0.25, 0.3) is 5.91 Å². The predicted octanol–water partition coefficient (Wildman–Crippen LogP) is 4.11.